The maximum absolute atomic E-state index is 5.36. The molecule has 0 saturated carbocycles. The molecule has 2 heterocycles. The van der Waals surface area contributed by atoms with Gasteiger partial charge in [-0.15, -0.1) is 11.3 Å². The van der Waals surface area contributed by atoms with Crippen LogP contribution in [0.1, 0.15) is 0 Å². The predicted molar refractivity (Wildman–Crippen MR) is 225 cm³/mol. The summed E-state index contributed by atoms with van der Waals surface area (Å²) in [4.78, 5) is 10.6. The Labute approximate surface area is 312 Å². The van der Waals surface area contributed by atoms with Gasteiger partial charge in [0.25, 0.3) is 0 Å². The Morgan fingerprint density at radius 1 is 0.321 bits per heavy atom. The van der Waals surface area contributed by atoms with Gasteiger partial charge in [-0.05, 0) is 86.6 Å². The summed E-state index contributed by atoms with van der Waals surface area (Å²) < 4.78 is 2.59. The van der Waals surface area contributed by atoms with Gasteiger partial charge in [-0.1, -0.05) is 152 Å². The van der Waals surface area contributed by atoms with E-state index in [4.69, 9.17) is 9.97 Å². The van der Waals surface area contributed by atoms with Crippen molar-refractivity contribution in [1.29, 1.82) is 0 Å². The Morgan fingerprint density at radius 3 is 1.72 bits per heavy atom. The van der Waals surface area contributed by atoms with Gasteiger partial charge in [0.05, 0.1) is 11.4 Å². The van der Waals surface area contributed by atoms with Crippen molar-refractivity contribution in [2.24, 2.45) is 0 Å². The number of rotatable bonds is 6. The Bertz CT molecular complexity index is 2940. The maximum atomic E-state index is 5.36. The second kappa shape index (κ2) is 13.1. The molecule has 0 atom stereocenters. The van der Waals surface area contributed by atoms with Gasteiger partial charge in [0, 0.05) is 36.9 Å². The average molecular weight is 693 g/mol. The molecule has 248 valence electrons. The monoisotopic (exact) mass is 692 g/mol. The molecule has 0 fully saturated rings. The maximum Gasteiger partial charge on any atom is 0.160 e. The molecule has 0 aliphatic carbocycles. The molecule has 0 aliphatic heterocycles. The van der Waals surface area contributed by atoms with Crippen molar-refractivity contribution < 1.29 is 0 Å². The van der Waals surface area contributed by atoms with Crippen molar-refractivity contribution in [1.82, 2.24) is 9.97 Å². The summed E-state index contributed by atoms with van der Waals surface area (Å²) in [5, 5.41) is 5.03. The smallest absolute Gasteiger partial charge is 0.160 e. The normalized spacial score (nSPS) is 11.4. The molecule has 8 aromatic carbocycles. The second-order valence-corrected chi connectivity index (χ2v) is 14.5. The largest absolute Gasteiger partial charge is 0.228 e. The lowest BCUT2D eigenvalue weighted by Crippen LogP contribution is -1.97. The molecule has 0 aliphatic rings. The fraction of sp³-hybridized carbons (Fsp3) is 0. The Kier molecular flexibility index (Phi) is 7.71. The van der Waals surface area contributed by atoms with Crippen LogP contribution in [-0.4, -0.2) is 9.97 Å². The fourth-order valence-electron chi connectivity index (χ4n) is 7.53. The summed E-state index contributed by atoms with van der Waals surface area (Å²) in [6, 6.07) is 69.2. The van der Waals surface area contributed by atoms with Gasteiger partial charge in [-0.2, -0.15) is 0 Å². The summed E-state index contributed by atoms with van der Waals surface area (Å²) in [5.41, 5.74) is 11.9. The first-order valence-electron chi connectivity index (χ1n) is 17.9. The summed E-state index contributed by atoms with van der Waals surface area (Å²) in [5.74, 6) is 0.695. The minimum atomic E-state index is 0.695. The van der Waals surface area contributed by atoms with E-state index in [1.165, 1.54) is 47.6 Å². The number of hydrogen-bond acceptors (Lipinski definition) is 3. The zero-order valence-corrected chi connectivity index (χ0v) is 29.6. The van der Waals surface area contributed by atoms with Crippen LogP contribution in [0.15, 0.2) is 194 Å². The van der Waals surface area contributed by atoms with Crippen LogP contribution < -0.4 is 0 Å². The SMILES string of the molecule is c1ccc(-c2cc(-c3cc(-c4ccccc4)nc(-c4cccc(-c5cccc6ccccc56)c4)n3)cc(-c3cccc4sc5ccccc5c34)c2)cc1. The number of fused-ring (bicyclic) bond motifs is 4. The Hall–Kier alpha value is -6.68. The molecular weight excluding hydrogens is 661 g/mol. The molecule has 3 heteroatoms. The average Bonchev–Trinajstić information content (AvgIpc) is 3.63. The molecule has 0 N–H and O–H groups in total. The highest BCUT2D eigenvalue weighted by atomic mass is 32.1. The first kappa shape index (κ1) is 31.1. The molecular formula is C50H32N2S. The van der Waals surface area contributed by atoms with Crippen molar-refractivity contribution in [3.05, 3.63) is 194 Å². The van der Waals surface area contributed by atoms with E-state index >= 15 is 0 Å². The van der Waals surface area contributed by atoms with Gasteiger partial charge in [-0.25, -0.2) is 9.97 Å². The van der Waals surface area contributed by atoms with Crippen LogP contribution in [0, 0.1) is 0 Å². The lowest BCUT2D eigenvalue weighted by atomic mass is 9.92. The van der Waals surface area contributed by atoms with Crippen LogP contribution in [0.2, 0.25) is 0 Å². The molecule has 2 nitrogen and oxygen atoms in total. The van der Waals surface area contributed by atoms with Crippen LogP contribution in [0.5, 0.6) is 0 Å². The minimum Gasteiger partial charge on any atom is -0.228 e. The number of hydrogen-bond donors (Lipinski definition) is 0. The first-order chi connectivity index (χ1) is 26.2. The second-order valence-electron chi connectivity index (χ2n) is 13.4. The highest BCUT2D eigenvalue weighted by Gasteiger charge is 2.17. The molecule has 10 aromatic rings. The highest BCUT2D eigenvalue weighted by Crippen LogP contribution is 2.42. The third-order valence-corrected chi connectivity index (χ3v) is 11.2. The summed E-state index contributed by atoms with van der Waals surface area (Å²) in [6.07, 6.45) is 0. The molecule has 0 saturated heterocycles. The predicted octanol–water partition coefficient (Wildman–Crippen LogP) is 14.0. The van der Waals surface area contributed by atoms with Gasteiger partial charge in [0.1, 0.15) is 0 Å². The van der Waals surface area contributed by atoms with E-state index < -0.39 is 0 Å². The fourth-order valence-corrected chi connectivity index (χ4v) is 8.66. The van der Waals surface area contributed by atoms with Crippen LogP contribution >= 0.6 is 11.3 Å². The quantitative estimate of drug-likeness (QED) is 0.173. The number of thiophene rings is 1. The van der Waals surface area contributed by atoms with Crippen molar-refractivity contribution in [3.8, 4) is 67.3 Å². The van der Waals surface area contributed by atoms with Crippen LogP contribution in [0.3, 0.4) is 0 Å². The number of aromatic nitrogens is 2. The van der Waals surface area contributed by atoms with Crippen molar-refractivity contribution in [3.63, 3.8) is 0 Å². The molecule has 0 amide bonds. The molecule has 0 unspecified atom stereocenters. The van der Waals surface area contributed by atoms with Gasteiger partial charge in [-0.3, -0.25) is 0 Å². The lowest BCUT2D eigenvalue weighted by molar-refractivity contribution is 1.18. The number of benzene rings is 8. The van der Waals surface area contributed by atoms with Gasteiger partial charge in [0.15, 0.2) is 5.82 Å². The van der Waals surface area contributed by atoms with E-state index in [1.54, 1.807) is 0 Å². The number of nitrogens with zero attached hydrogens (tertiary/aromatic N) is 2. The zero-order chi connectivity index (χ0) is 35.1. The molecule has 0 radical (unpaired) electrons. The minimum absolute atomic E-state index is 0.695. The third kappa shape index (κ3) is 5.78. The summed E-state index contributed by atoms with van der Waals surface area (Å²) in [6.45, 7) is 0. The van der Waals surface area contributed by atoms with Crippen molar-refractivity contribution in [2.45, 2.75) is 0 Å². The van der Waals surface area contributed by atoms with Crippen LogP contribution in [-0.2, 0) is 0 Å². The summed E-state index contributed by atoms with van der Waals surface area (Å²) in [7, 11) is 0. The molecule has 0 spiro atoms. The van der Waals surface area contributed by atoms with Crippen molar-refractivity contribution in [2.75, 3.05) is 0 Å². The Morgan fingerprint density at radius 2 is 0.868 bits per heavy atom. The van der Waals surface area contributed by atoms with Gasteiger partial charge >= 0.3 is 0 Å². The first-order valence-corrected chi connectivity index (χ1v) is 18.7. The summed E-state index contributed by atoms with van der Waals surface area (Å²) >= 11 is 1.85. The topological polar surface area (TPSA) is 25.8 Å². The molecule has 2 aromatic heterocycles. The molecule has 10 rings (SSSR count). The molecule has 53 heavy (non-hydrogen) atoms. The zero-order valence-electron chi connectivity index (χ0n) is 28.8. The Balaban J connectivity index is 1.19. The van der Waals surface area contributed by atoms with E-state index in [1.807, 2.05) is 17.4 Å². The van der Waals surface area contributed by atoms with E-state index in [2.05, 4.69) is 188 Å². The lowest BCUT2D eigenvalue weighted by Gasteiger charge is -2.14. The third-order valence-electron chi connectivity index (χ3n) is 10.1. The van der Waals surface area contributed by atoms with E-state index in [0.29, 0.717) is 5.82 Å². The highest BCUT2D eigenvalue weighted by molar-refractivity contribution is 7.25. The van der Waals surface area contributed by atoms with Crippen LogP contribution in [0.4, 0.5) is 0 Å². The van der Waals surface area contributed by atoms with E-state index in [-0.39, 0.29) is 0 Å². The van der Waals surface area contributed by atoms with E-state index in [9.17, 15) is 0 Å². The van der Waals surface area contributed by atoms with Gasteiger partial charge in [0.2, 0.25) is 0 Å². The molecule has 0 bridgehead atoms. The standard InChI is InChI=1S/C50H32N2S/c1-3-14-33(15-4-1)38-29-39(43-25-13-27-48-49(43)44-23-9-10-26-47(44)53-48)31-40(30-38)46-32-45(35-17-5-2-6-18-35)51-50(52-46)37-21-11-20-36(28-37)42-24-12-19-34-16-7-8-22-41(34)42/h1-32H. The van der Waals surface area contributed by atoms with Crippen LogP contribution in [0.25, 0.3) is 98.2 Å². The van der Waals surface area contributed by atoms with Gasteiger partial charge < -0.3 is 0 Å². The van der Waals surface area contributed by atoms with Crippen molar-refractivity contribution >= 4 is 42.3 Å². The van der Waals surface area contributed by atoms with E-state index in [0.717, 1.165) is 44.8 Å².